The number of amides is 1. The van der Waals surface area contributed by atoms with E-state index in [1.807, 2.05) is 6.92 Å². The van der Waals surface area contributed by atoms with Gasteiger partial charge in [0.2, 0.25) is 5.91 Å². The standard InChI is InChI=1S/C10H20N2OS/c1-5-7(2)6-9(13)12(4)8(3)10(11)14/h7-8H,5-6H2,1-4H3,(H2,11,14). The van der Waals surface area contributed by atoms with Gasteiger partial charge in [-0.15, -0.1) is 0 Å². The van der Waals surface area contributed by atoms with E-state index in [2.05, 4.69) is 13.8 Å². The van der Waals surface area contributed by atoms with Gasteiger partial charge < -0.3 is 10.6 Å². The van der Waals surface area contributed by atoms with Crippen LogP contribution in [0.2, 0.25) is 0 Å². The van der Waals surface area contributed by atoms with Crippen molar-refractivity contribution in [2.75, 3.05) is 7.05 Å². The molecule has 2 unspecified atom stereocenters. The summed E-state index contributed by atoms with van der Waals surface area (Å²) < 4.78 is 0. The maximum absolute atomic E-state index is 11.7. The van der Waals surface area contributed by atoms with Gasteiger partial charge in [-0.25, -0.2) is 0 Å². The lowest BCUT2D eigenvalue weighted by atomic mass is 10.0. The molecule has 0 aliphatic heterocycles. The lowest BCUT2D eigenvalue weighted by Gasteiger charge is -2.25. The Balaban J connectivity index is 4.18. The minimum Gasteiger partial charge on any atom is -0.392 e. The molecule has 2 N–H and O–H groups in total. The molecule has 3 nitrogen and oxygen atoms in total. The molecular formula is C10H20N2OS. The molecule has 0 aliphatic carbocycles. The molecule has 0 radical (unpaired) electrons. The van der Waals surface area contributed by atoms with Crippen molar-refractivity contribution in [3.05, 3.63) is 0 Å². The van der Waals surface area contributed by atoms with Crippen molar-refractivity contribution in [1.29, 1.82) is 0 Å². The number of hydrogen-bond acceptors (Lipinski definition) is 2. The highest BCUT2D eigenvalue weighted by molar-refractivity contribution is 7.80. The molecule has 0 saturated heterocycles. The van der Waals surface area contributed by atoms with E-state index in [0.29, 0.717) is 17.3 Å². The van der Waals surface area contributed by atoms with Crippen LogP contribution in [0, 0.1) is 5.92 Å². The number of rotatable bonds is 5. The Kier molecular flexibility index (Phi) is 5.69. The van der Waals surface area contributed by atoms with E-state index in [-0.39, 0.29) is 11.9 Å². The summed E-state index contributed by atoms with van der Waals surface area (Å²) in [6, 6.07) is -0.151. The van der Waals surface area contributed by atoms with Crippen LogP contribution in [-0.4, -0.2) is 28.9 Å². The summed E-state index contributed by atoms with van der Waals surface area (Å²) in [5.41, 5.74) is 5.48. The van der Waals surface area contributed by atoms with Gasteiger partial charge in [0.25, 0.3) is 0 Å². The highest BCUT2D eigenvalue weighted by Gasteiger charge is 2.18. The zero-order chi connectivity index (χ0) is 11.3. The van der Waals surface area contributed by atoms with E-state index in [1.54, 1.807) is 11.9 Å². The van der Waals surface area contributed by atoms with E-state index in [0.717, 1.165) is 6.42 Å². The first-order chi connectivity index (χ1) is 6.40. The van der Waals surface area contributed by atoms with Gasteiger partial charge in [0.05, 0.1) is 11.0 Å². The Morgan fingerprint density at radius 1 is 1.50 bits per heavy atom. The van der Waals surface area contributed by atoms with Crippen LogP contribution in [0.5, 0.6) is 0 Å². The van der Waals surface area contributed by atoms with E-state index in [1.165, 1.54) is 0 Å². The highest BCUT2D eigenvalue weighted by atomic mass is 32.1. The predicted octanol–water partition coefficient (Wildman–Crippen LogP) is 1.56. The molecule has 4 heteroatoms. The summed E-state index contributed by atoms with van der Waals surface area (Å²) in [4.78, 5) is 13.7. The molecule has 0 aliphatic rings. The highest BCUT2D eigenvalue weighted by Crippen LogP contribution is 2.09. The van der Waals surface area contributed by atoms with Crippen LogP contribution in [0.1, 0.15) is 33.6 Å². The van der Waals surface area contributed by atoms with Crippen molar-refractivity contribution in [3.8, 4) is 0 Å². The number of carbonyl (C=O) groups is 1. The molecule has 0 fully saturated rings. The molecule has 0 aromatic rings. The third-order valence-electron chi connectivity index (χ3n) is 2.61. The average Bonchev–Trinajstić information content (AvgIpc) is 2.14. The smallest absolute Gasteiger partial charge is 0.223 e. The second-order valence-corrected chi connectivity index (χ2v) is 4.27. The third-order valence-corrected chi connectivity index (χ3v) is 2.95. The van der Waals surface area contributed by atoms with Gasteiger partial charge in [-0.2, -0.15) is 0 Å². The number of nitrogens with zero attached hydrogens (tertiary/aromatic N) is 1. The summed E-state index contributed by atoms with van der Waals surface area (Å²) in [6.07, 6.45) is 1.58. The summed E-state index contributed by atoms with van der Waals surface area (Å²) in [6.45, 7) is 5.99. The molecule has 0 bridgehead atoms. The molecule has 14 heavy (non-hydrogen) atoms. The largest absolute Gasteiger partial charge is 0.392 e. The van der Waals surface area contributed by atoms with Crippen molar-refractivity contribution < 1.29 is 4.79 Å². The second-order valence-electron chi connectivity index (χ2n) is 3.80. The molecule has 0 aromatic heterocycles. The van der Waals surface area contributed by atoms with Crippen LogP contribution in [0.15, 0.2) is 0 Å². The molecular weight excluding hydrogens is 196 g/mol. The quantitative estimate of drug-likeness (QED) is 0.709. The van der Waals surface area contributed by atoms with Gasteiger partial charge in [0.15, 0.2) is 0 Å². The molecule has 0 heterocycles. The van der Waals surface area contributed by atoms with Crippen LogP contribution in [0.4, 0.5) is 0 Å². The lowest BCUT2D eigenvalue weighted by Crippen LogP contribution is -2.43. The first kappa shape index (κ1) is 13.4. The molecule has 0 aromatic carbocycles. The predicted molar refractivity (Wildman–Crippen MR) is 63.1 cm³/mol. The number of nitrogens with two attached hydrogens (primary N) is 1. The van der Waals surface area contributed by atoms with Crippen LogP contribution >= 0.6 is 12.2 Å². The minimum atomic E-state index is -0.151. The Bertz CT molecular complexity index is 218. The summed E-state index contributed by atoms with van der Waals surface area (Å²) in [7, 11) is 1.74. The van der Waals surface area contributed by atoms with E-state index in [9.17, 15) is 4.79 Å². The summed E-state index contributed by atoms with van der Waals surface area (Å²) in [5.74, 6) is 0.531. The maximum atomic E-state index is 11.7. The van der Waals surface area contributed by atoms with Gasteiger partial charge in [-0.3, -0.25) is 4.79 Å². The second kappa shape index (κ2) is 5.96. The summed E-state index contributed by atoms with van der Waals surface area (Å²) in [5, 5.41) is 0. The molecule has 2 atom stereocenters. The Morgan fingerprint density at radius 3 is 2.36 bits per heavy atom. The van der Waals surface area contributed by atoms with Crippen molar-refractivity contribution in [3.63, 3.8) is 0 Å². The van der Waals surface area contributed by atoms with Crippen molar-refractivity contribution in [2.45, 2.75) is 39.7 Å². The number of likely N-dealkylation sites (N-methyl/N-ethyl adjacent to an activating group) is 1. The van der Waals surface area contributed by atoms with Crippen LogP contribution in [-0.2, 0) is 4.79 Å². The monoisotopic (exact) mass is 216 g/mol. The van der Waals surface area contributed by atoms with Crippen molar-refractivity contribution in [1.82, 2.24) is 4.90 Å². The van der Waals surface area contributed by atoms with Crippen LogP contribution in [0.3, 0.4) is 0 Å². The molecule has 82 valence electrons. The molecule has 0 saturated carbocycles. The Labute approximate surface area is 91.6 Å². The van der Waals surface area contributed by atoms with Crippen LogP contribution < -0.4 is 5.73 Å². The topological polar surface area (TPSA) is 46.3 Å². The fourth-order valence-corrected chi connectivity index (χ4v) is 1.15. The van der Waals surface area contributed by atoms with Gasteiger partial charge in [0.1, 0.15) is 0 Å². The van der Waals surface area contributed by atoms with Crippen LogP contribution in [0.25, 0.3) is 0 Å². The first-order valence-electron chi connectivity index (χ1n) is 4.95. The van der Waals surface area contributed by atoms with Gasteiger partial charge in [0, 0.05) is 13.5 Å². The minimum absolute atomic E-state index is 0.111. The Morgan fingerprint density at radius 2 is 2.00 bits per heavy atom. The van der Waals surface area contributed by atoms with Crippen molar-refractivity contribution >= 4 is 23.1 Å². The van der Waals surface area contributed by atoms with Gasteiger partial charge in [-0.05, 0) is 12.8 Å². The van der Waals surface area contributed by atoms with Gasteiger partial charge in [-0.1, -0.05) is 32.5 Å². The summed E-state index contributed by atoms with van der Waals surface area (Å²) >= 11 is 4.84. The molecule has 0 rings (SSSR count). The van der Waals surface area contributed by atoms with Crippen molar-refractivity contribution in [2.24, 2.45) is 11.7 Å². The average molecular weight is 216 g/mol. The van der Waals surface area contributed by atoms with E-state index in [4.69, 9.17) is 18.0 Å². The first-order valence-corrected chi connectivity index (χ1v) is 5.35. The molecule has 0 spiro atoms. The molecule has 1 amide bonds. The van der Waals surface area contributed by atoms with E-state index >= 15 is 0 Å². The SMILES string of the molecule is CCC(C)CC(=O)N(C)C(C)C(N)=S. The van der Waals surface area contributed by atoms with E-state index < -0.39 is 0 Å². The zero-order valence-electron chi connectivity index (χ0n) is 9.41. The zero-order valence-corrected chi connectivity index (χ0v) is 10.2. The number of thiocarbonyl (C=S) groups is 1. The normalized spacial score (nSPS) is 14.6. The lowest BCUT2D eigenvalue weighted by molar-refractivity contribution is -0.131. The van der Waals surface area contributed by atoms with Gasteiger partial charge >= 0.3 is 0 Å². The third kappa shape index (κ3) is 4.05. The number of hydrogen-bond donors (Lipinski definition) is 1. The maximum Gasteiger partial charge on any atom is 0.223 e. The fourth-order valence-electron chi connectivity index (χ4n) is 0.993. The number of carbonyl (C=O) groups excluding carboxylic acids is 1. The Hall–Kier alpha value is -0.640. The fraction of sp³-hybridized carbons (Fsp3) is 0.800.